The maximum absolute atomic E-state index is 3.41. The third kappa shape index (κ3) is 2.08. The van der Waals surface area contributed by atoms with Crippen LogP contribution in [-0.4, -0.2) is 18.3 Å². The number of nitrogens with one attached hydrogen (secondary N) is 1. The average molecular weight is 229 g/mol. The van der Waals surface area contributed by atoms with E-state index in [4.69, 9.17) is 0 Å². The summed E-state index contributed by atoms with van der Waals surface area (Å²) in [4.78, 5) is 1.40. The standard InChI is InChI=1S/C14H15NS/c1-2-4-12-9-13(6-5-11(12)3-1)16-14-7-8-15-10-14/h1-6,9,14-15H,7-8,10H2. The molecule has 1 atom stereocenters. The Labute approximate surface area is 100 Å². The molecule has 1 aliphatic rings. The zero-order valence-corrected chi connectivity index (χ0v) is 9.96. The summed E-state index contributed by atoms with van der Waals surface area (Å²) in [7, 11) is 0. The Kier molecular flexibility index (Phi) is 2.85. The lowest BCUT2D eigenvalue weighted by Crippen LogP contribution is -2.09. The SMILES string of the molecule is c1ccc2cc(SC3CCNC3)ccc2c1. The second kappa shape index (κ2) is 4.48. The van der Waals surface area contributed by atoms with Gasteiger partial charge in [-0.05, 0) is 35.9 Å². The number of hydrogen-bond acceptors (Lipinski definition) is 2. The third-order valence-electron chi connectivity index (χ3n) is 3.04. The van der Waals surface area contributed by atoms with E-state index in [-0.39, 0.29) is 0 Å². The van der Waals surface area contributed by atoms with Gasteiger partial charge in [0.15, 0.2) is 0 Å². The Morgan fingerprint density at radius 1 is 1.06 bits per heavy atom. The van der Waals surface area contributed by atoms with Crippen LogP contribution in [-0.2, 0) is 0 Å². The van der Waals surface area contributed by atoms with Gasteiger partial charge in [-0.15, -0.1) is 11.8 Å². The number of benzene rings is 2. The molecule has 82 valence electrons. The van der Waals surface area contributed by atoms with Gasteiger partial charge in [-0.25, -0.2) is 0 Å². The highest BCUT2D eigenvalue weighted by Crippen LogP contribution is 2.29. The molecule has 0 amide bonds. The van der Waals surface area contributed by atoms with E-state index in [1.54, 1.807) is 0 Å². The Bertz CT molecular complexity index is 489. The smallest absolute Gasteiger partial charge is 0.0231 e. The van der Waals surface area contributed by atoms with Gasteiger partial charge < -0.3 is 5.32 Å². The minimum Gasteiger partial charge on any atom is -0.316 e. The third-order valence-corrected chi connectivity index (χ3v) is 4.30. The molecule has 16 heavy (non-hydrogen) atoms. The van der Waals surface area contributed by atoms with Crippen LogP contribution in [0.1, 0.15) is 6.42 Å². The molecule has 0 aromatic heterocycles. The highest BCUT2D eigenvalue weighted by molar-refractivity contribution is 8.00. The van der Waals surface area contributed by atoms with Crippen molar-refractivity contribution >= 4 is 22.5 Å². The topological polar surface area (TPSA) is 12.0 Å². The average Bonchev–Trinajstić information content (AvgIpc) is 2.82. The molecule has 1 aliphatic heterocycles. The molecular weight excluding hydrogens is 214 g/mol. The summed E-state index contributed by atoms with van der Waals surface area (Å²) < 4.78 is 0. The largest absolute Gasteiger partial charge is 0.316 e. The van der Waals surface area contributed by atoms with E-state index in [1.807, 2.05) is 11.8 Å². The van der Waals surface area contributed by atoms with Crippen LogP contribution in [0.4, 0.5) is 0 Å². The van der Waals surface area contributed by atoms with Crippen molar-refractivity contribution < 1.29 is 0 Å². The molecule has 2 aromatic rings. The maximum atomic E-state index is 3.41. The van der Waals surface area contributed by atoms with Gasteiger partial charge in [-0.1, -0.05) is 30.3 Å². The van der Waals surface area contributed by atoms with E-state index in [1.165, 1.54) is 28.6 Å². The minimum absolute atomic E-state index is 0.751. The molecule has 1 saturated heterocycles. The Morgan fingerprint density at radius 2 is 1.94 bits per heavy atom. The molecule has 1 N–H and O–H groups in total. The first-order valence-electron chi connectivity index (χ1n) is 5.78. The van der Waals surface area contributed by atoms with E-state index in [9.17, 15) is 0 Å². The summed E-state index contributed by atoms with van der Waals surface area (Å²) in [6, 6.07) is 15.3. The fourth-order valence-electron chi connectivity index (χ4n) is 2.16. The highest BCUT2D eigenvalue weighted by atomic mass is 32.2. The predicted molar refractivity (Wildman–Crippen MR) is 71.1 cm³/mol. The highest BCUT2D eigenvalue weighted by Gasteiger charge is 2.15. The van der Waals surface area contributed by atoms with E-state index in [2.05, 4.69) is 47.8 Å². The molecule has 1 fully saturated rings. The fourth-order valence-corrected chi connectivity index (χ4v) is 3.33. The van der Waals surface area contributed by atoms with Gasteiger partial charge in [0.2, 0.25) is 0 Å². The van der Waals surface area contributed by atoms with Crippen molar-refractivity contribution in [3.8, 4) is 0 Å². The molecule has 1 nitrogen and oxygen atoms in total. The van der Waals surface area contributed by atoms with Crippen LogP contribution in [0, 0.1) is 0 Å². The van der Waals surface area contributed by atoms with Crippen LogP contribution < -0.4 is 5.32 Å². The van der Waals surface area contributed by atoms with Crippen LogP contribution in [0.5, 0.6) is 0 Å². The Morgan fingerprint density at radius 3 is 2.75 bits per heavy atom. The molecular formula is C14H15NS. The lowest BCUT2D eigenvalue weighted by Gasteiger charge is -2.08. The van der Waals surface area contributed by atoms with Crippen molar-refractivity contribution in [2.75, 3.05) is 13.1 Å². The zero-order valence-electron chi connectivity index (χ0n) is 9.15. The van der Waals surface area contributed by atoms with Crippen molar-refractivity contribution in [1.29, 1.82) is 0 Å². The second-order valence-electron chi connectivity index (χ2n) is 4.24. The molecule has 0 radical (unpaired) electrons. The summed E-state index contributed by atoms with van der Waals surface area (Å²) >= 11 is 2.00. The first-order valence-corrected chi connectivity index (χ1v) is 6.66. The molecule has 0 spiro atoms. The van der Waals surface area contributed by atoms with Gasteiger partial charge in [0.25, 0.3) is 0 Å². The number of thioether (sulfide) groups is 1. The molecule has 0 bridgehead atoms. The van der Waals surface area contributed by atoms with E-state index < -0.39 is 0 Å². The minimum atomic E-state index is 0.751. The van der Waals surface area contributed by atoms with Crippen molar-refractivity contribution in [3.63, 3.8) is 0 Å². The first kappa shape index (κ1) is 10.2. The Hall–Kier alpha value is -0.990. The quantitative estimate of drug-likeness (QED) is 0.848. The lowest BCUT2D eigenvalue weighted by molar-refractivity contribution is 0.858. The van der Waals surface area contributed by atoms with Crippen LogP contribution in [0.2, 0.25) is 0 Å². The van der Waals surface area contributed by atoms with Gasteiger partial charge in [0.1, 0.15) is 0 Å². The molecule has 0 aliphatic carbocycles. The zero-order chi connectivity index (χ0) is 10.8. The monoisotopic (exact) mass is 229 g/mol. The number of fused-ring (bicyclic) bond motifs is 1. The number of rotatable bonds is 2. The predicted octanol–water partition coefficient (Wildman–Crippen LogP) is 3.29. The second-order valence-corrected chi connectivity index (χ2v) is 5.62. The van der Waals surface area contributed by atoms with Crippen LogP contribution in [0.15, 0.2) is 47.4 Å². The molecule has 2 heteroatoms. The summed E-state index contributed by atoms with van der Waals surface area (Å²) in [5, 5.41) is 6.84. The lowest BCUT2D eigenvalue weighted by atomic mass is 10.1. The van der Waals surface area contributed by atoms with Crippen LogP contribution in [0.25, 0.3) is 10.8 Å². The van der Waals surface area contributed by atoms with Gasteiger partial charge in [-0.2, -0.15) is 0 Å². The van der Waals surface area contributed by atoms with E-state index >= 15 is 0 Å². The summed E-state index contributed by atoms with van der Waals surface area (Å²) in [6.45, 7) is 2.32. The van der Waals surface area contributed by atoms with Gasteiger partial charge in [0.05, 0.1) is 0 Å². The molecule has 2 aromatic carbocycles. The van der Waals surface area contributed by atoms with E-state index in [0.717, 1.165) is 11.8 Å². The van der Waals surface area contributed by atoms with Crippen molar-refractivity contribution in [3.05, 3.63) is 42.5 Å². The summed E-state index contributed by atoms with van der Waals surface area (Å²) in [5.41, 5.74) is 0. The van der Waals surface area contributed by atoms with Crippen molar-refractivity contribution in [1.82, 2.24) is 5.32 Å². The molecule has 1 heterocycles. The van der Waals surface area contributed by atoms with Crippen molar-refractivity contribution in [2.24, 2.45) is 0 Å². The fraction of sp³-hybridized carbons (Fsp3) is 0.286. The maximum Gasteiger partial charge on any atom is 0.0231 e. The summed E-state index contributed by atoms with van der Waals surface area (Å²) in [6.07, 6.45) is 1.29. The van der Waals surface area contributed by atoms with Gasteiger partial charge >= 0.3 is 0 Å². The van der Waals surface area contributed by atoms with Gasteiger partial charge in [0, 0.05) is 16.7 Å². The normalized spacial score (nSPS) is 20.4. The molecule has 3 rings (SSSR count). The Balaban J connectivity index is 1.86. The molecule has 1 unspecified atom stereocenters. The first-order chi connectivity index (χ1) is 7.92. The van der Waals surface area contributed by atoms with Crippen molar-refractivity contribution in [2.45, 2.75) is 16.6 Å². The van der Waals surface area contributed by atoms with Gasteiger partial charge in [-0.3, -0.25) is 0 Å². The molecule has 0 saturated carbocycles. The summed E-state index contributed by atoms with van der Waals surface area (Å²) in [5.74, 6) is 0. The van der Waals surface area contributed by atoms with Crippen LogP contribution in [0.3, 0.4) is 0 Å². The van der Waals surface area contributed by atoms with Crippen LogP contribution >= 0.6 is 11.8 Å². The number of hydrogen-bond donors (Lipinski definition) is 1. The van der Waals surface area contributed by atoms with E-state index in [0.29, 0.717) is 0 Å².